The van der Waals surface area contributed by atoms with Crippen molar-refractivity contribution in [1.82, 2.24) is 0 Å². The van der Waals surface area contributed by atoms with E-state index in [4.69, 9.17) is 15.2 Å². The van der Waals surface area contributed by atoms with Gasteiger partial charge in [-0.1, -0.05) is 30.1 Å². The third-order valence-electron chi connectivity index (χ3n) is 3.25. The third-order valence-corrected chi connectivity index (χ3v) is 3.25. The van der Waals surface area contributed by atoms with Gasteiger partial charge in [-0.25, -0.2) is 4.39 Å². The summed E-state index contributed by atoms with van der Waals surface area (Å²) >= 11 is 0. The summed E-state index contributed by atoms with van der Waals surface area (Å²) in [5, 5.41) is 29.0. The van der Waals surface area contributed by atoms with Crippen LogP contribution in [0.5, 0.6) is 5.75 Å². The van der Waals surface area contributed by atoms with E-state index in [1.54, 1.807) is 6.08 Å². The Bertz CT molecular complexity index is 764. The van der Waals surface area contributed by atoms with Crippen LogP contribution in [0, 0.1) is 17.7 Å². The summed E-state index contributed by atoms with van der Waals surface area (Å²) in [5.74, 6) is 4.79. The molecule has 156 valence electrons. The Labute approximate surface area is 168 Å². The van der Waals surface area contributed by atoms with Crippen molar-refractivity contribution in [1.29, 1.82) is 0 Å². The van der Waals surface area contributed by atoms with Gasteiger partial charge in [0.25, 0.3) is 0 Å². The number of primary amides is 1. The molecule has 0 heterocycles. The molecule has 0 bridgehead atoms. The largest absolute Gasteiger partial charge is 0.491 e. The molecule has 0 aliphatic heterocycles. The lowest BCUT2D eigenvalue weighted by molar-refractivity contribution is -0.124. The van der Waals surface area contributed by atoms with Crippen LogP contribution in [0.15, 0.2) is 60.7 Å². The minimum atomic E-state index is -1.19. The van der Waals surface area contributed by atoms with E-state index in [0.717, 1.165) is 0 Å². The lowest BCUT2D eigenvalue weighted by Gasteiger charge is -2.13. The van der Waals surface area contributed by atoms with Crippen molar-refractivity contribution in [2.24, 2.45) is 5.73 Å². The molecule has 0 aliphatic rings. The summed E-state index contributed by atoms with van der Waals surface area (Å²) in [4.78, 5) is 10.5. The fourth-order valence-electron chi connectivity index (χ4n) is 1.81. The number of halogens is 1. The first kappa shape index (κ1) is 24.1. The van der Waals surface area contributed by atoms with Crippen molar-refractivity contribution in [3.8, 4) is 17.6 Å². The highest BCUT2D eigenvalue weighted by molar-refractivity contribution is 5.74. The number of aliphatic hydroxyl groups is 3. The van der Waals surface area contributed by atoms with Crippen molar-refractivity contribution < 1.29 is 34.0 Å². The van der Waals surface area contributed by atoms with Crippen LogP contribution in [0.3, 0.4) is 0 Å². The summed E-state index contributed by atoms with van der Waals surface area (Å²) in [6.45, 7) is -0.550. The van der Waals surface area contributed by atoms with Crippen LogP contribution in [0.25, 0.3) is 0 Å². The number of hydrogen-bond acceptors (Lipinski definition) is 6. The van der Waals surface area contributed by atoms with Crippen LogP contribution in [-0.2, 0) is 9.53 Å². The van der Waals surface area contributed by atoms with Crippen LogP contribution in [0.2, 0.25) is 0 Å². The second kappa shape index (κ2) is 14.1. The van der Waals surface area contributed by atoms with Gasteiger partial charge in [0.15, 0.2) is 0 Å². The Morgan fingerprint density at radius 2 is 1.76 bits per heavy atom. The number of hydrogen-bond donors (Lipinski definition) is 4. The molecule has 1 aromatic carbocycles. The van der Waals surface area contributed by atoms with Gasteiger partial charge >= 0.3 is 0 Å². The Kier molecular flexibility index (Phi) is 11.7. The molecule has 0 saturated carbocycles. The van der Waals surface area contributed by atoms with Crippen molar-refractivity contribution >= 4 is 5.91 Å². The number of amides is 1. The van der Waals surface area contributed by atoms with E-state index in [2.05, 4.69) is 11.8 Å². The highest BCUT2D eigenvalue weighted by Crippen LogP contribution is 2.11. The van der Waals surface area contributed by atoms with Gasteiger partial charge in [-0.2, -0.15) is 0 Å². The normalized spacial score (nSPS) is 14.6. The Balaban J connectivity index is 2.27. The number of aliphatic hydroxyl groups excluding tert-OH is 3. The zero-order valence-electron chi connectivity index (χ0n) is 15.6. The van der Waals surface area contributed by atoms with Gasteiger partial charge in [0.05, 0.1) is 6.61 Å². The molecule has 0 aliphatic carbocycles. The van der Waals surface area contributed by atoms with Gasteiger partial charge in [-0.15, -0.1) is 0 Å². The standard InChI is InChI=1S/C21H24FNO6/c22-16-9-11-18(12-10-16)29-13-17(24)7-5-3-1-2-4-6-8-19(25)20(26)14-28-15-21(23)27/h2,4-12,17,19-20,24-26H,13-15H2,(H2,23,27)/b4-2+,7-5+,8-6+/t17-,19+,20-/m0/s1. The average molecular weight is 405 g/mol. The Hall–Kier alpha value is -2.96. The Morgan fingerprint density at radius 3 is 2.45 bits per heavy atom. The van der Waals surface area contributed by atoms with Gasteiger partial charge in [0, 0.05) is 0 Å². The number of ether oxygens (including phenoxy) is 2. The lowest BCUT2D eigenvalue weighted by Crippen LogP contribution is -2.30. The van der Waals surface area contributed by atoms with E-state index in [1.165, 1.54) is 54.6 Å². The molecule has 5 N–H and O–H groups in total. The molecular formula is C21H24FNO6. The van der Waals surface area contributed by atoms with Crippen LogP contribution >= 0.6 is 0 Å². The second-order valence-corrected chi connectivity index (χ2v) is 5.76. The highest BCUT2D eigenvalue weighted by atomic mass is 19.1. The monoisotopic (exact) mass is 405 g/mol. The number of allylic oxidation sites excluding steroid dienone is 4. The van der Waals surface area contributed by atoms with Crippen molar-refractivity contribution in [3.63, 3.8) is 0 Å². The molecule has 0 fully saturated rings. The van der Waals surface area contributed by atoms with Gasteiger partial charge in [-0.05, 0) is 42.5 Å². The first-order valence-electron chi connectivity index (χ1n) is 8.68. The van der Waals surface area contributed by atoms with Crippen LogP contribution in [0.1, 0.15) is 0 Å². The molecule has 1 rings (SSSR count). The molecule has 1 amide bonds. The Morgan fingerprint density at radius 1 is 1.07 bits per heavy atom. The summed E-state index contributed by atoms with van der Waals surface area (Å²) < 4.78 is 22.9. The molecule has 0 saturated heterocycles. The molecule has 0 radical (unpaired) electrons. The van der Waals surface area contributed by atoms with Crippen molar-refractivity contribution in [2.45, 2.75) is 18.3 Å². The lowest BCUT2D eigenvalue weighted by atomic mass is 10.2. The number of carbonyl (C=O) groups is 1. The zero-order chi connectivity index (χ0) is 21.5. The molecule has 8 heteroatoms. The highest BCUT2D eigenvalue weighted by Gasteiger charge is 2.13. The average Bonchev–Trinajstić information content (AvgIpc) is 2.69. The number of rotatable bonds is 11. The molecule has 1 aromatic rings. The molecular weight excluding hydrogens is 381 g/mol. The van der Waals surface area contributed by atoms with E-state index >= 15 is 0 Å². The first-order chi connectivity index (χ1) is 13.9. The quantitative estimate of drug-likeness (QED) is 0.313. The summed E-state index contributed by atoms with van der Waals surface area (Å²) in [7, 11) is 0. The number of benzene rings is 1. The van der Waals surface area contributed by atoms with Crippen molar-refractivity contribution in [2.75, 3.05) is 19.8 Å². The molecule has 29 heavy (non-hydrogen) atoms. The summed E-state index contributed by atoms with van der Waals surface area (Å²) in [5.41, 5.74) is 4.88. The topological polar surface area (TPSA) is 122 Å². The third kappa shape index (κ3) is 12.2. The fourth-order valence-corrected chi connectivity index (χ4v) is 1.81. The SMILES string of the molecule is NC(=O)COC[C@H](O)[C@H](O)/C=C/C=C/C#C/C=C/[C@H](O)COc1ccc(F)cc1. The van der Waals surface area contributed by atoms with Crippen LogP contribution in [0.4, 0.5) is 4.39 Å². The maximum absolute atomic E-state index is 12.8. The van der Waals surface area contributed by atoms with Gasteiger partial charge in [0.1, 0.15) is 43.1 Å². The minimum Gasteiger partial charge on any atom is -0.491 e. The smallest absolute Gasteiger partial charge is 0.243 e. The molecule has 7 nitrogen and oxygen atoms in total. The van der Waals surface area contributed by atoms with Crippen LogP contribution in [-0.4, -0.2) is 59.4 Å². The van der Waals surface area contributed by atoms with E-state index < -0.39 is 24.2 Å². The van der Waals surface area contributed by atoms with E-state index in [1.807, 2.05) is 0 Å². The zero-order valence-corrected chi connectivity index (χ0v) is 15.6. The molecule has 0 aromatic heterocycles. The van der Waals surface area contributed by atoms with Gasteiger partial charge in [0.2, 0.25) is 5.91 Å². The number of carbonyl (C=O) groups excluding carboxylic acids is 1. The first-order valence-corrected chi connectivity index (χ1v) is 8.68. The maximum Gasteiger partial charge on any atom is 0.243 e. The maximum atomic E-state index is 12.8. The van der Waals surface area contributed by atoms with Gasteiger partial charge < -0.3 is 30.5 Å². The van der Waals surface area contributed by atoms with Crippen LogP contribution < -0.4 is 10.5 Å². The predicted octanol–water partition coefficient (Wildman–Crippen LogP) is 0.461. The van der Waals surface area contributed by atoms with E-state index in [-0.39, 0.29) is 25.6 Å². The summed E-state index contributed by atoms with van der Waals surface area (Å²) in [6, 6.07) is 5.46. The molecule has 0 unspecified atom stereocenters. The molecule has 3 atom stereocenters. The van der Waals surface area contributed by atoms with E-state index in [9.17, 15) is 24.5 Å². The van der Waals surface area contributed by atoms with Gasteiger partial charge in [-0.3, -0.25) is 4.79 Å². The number of nitrogens with two attached hydrogens (primary N) is 1. The minimum absolute atomic E-state index is 0.00571. The van der Waals surface area contributed by atoms with Crippen molar-refractivity contribution in [3.05, 3.63) is 66.5 Å². The fraction of sp³-hybridized carbons (Fsp3) is 0.286. The molecule has 0 spiro atoms. The van der Waals surface area contributed by atoms with E-state index in [0.29, 0.717) is 5.75 Å². The summed E-state index contributed by atoms with van der Waals surface area (Å²) in [6.07, 6.45) is 5.57. The second-order valence-electron chi connectivity index (χ2n) is 5.76. The predicted molar refractivity (Wildman–Crippen MR) is 105 cm³/mol.